The Morgan fingerprint density at radius 1 is 1.47 bits per heavy atom. The molecular weight excluding hydrogens is 247 g/mol. The van der Waals surface area contributed by atoms with Crippen LogP contribution in [0.25, 0.3) is 0 Å². The normalized spacial score (nSPS) is 14.2. The number of thiophene rings is 1. The first kappa shape index (κ1) is 12.8. The molecule has 6 heteroatoms. The van der Waals surface area contributed by atoms with Crippen molar-refractivity contribution in [1.29, 1.82) is 0 Å². The van der Waals surface area contributed by atoms with Crippen molar-refractivity contribution in [2.24, 2.45) is 0 Å². The highest BCUT2D eigenvalue weighted by atomic mass is 35.5. The van der Waals surface area contributed by atoms with Gasteiger partial charge in [0.25, 0.3) is 0 Å². The molecule has 1 aromatic heterocycles. The van der Waals surface area contributed by atoms with Crippen LogP contribution in [-0.2, 0) is 0 Å². The maximum Gasteiger partial charge on any atom is 0.389 e. The molecule has 1 N–H and O–H groups in total. The van der Waals surface area contributed by atoms with E-state index in [0.29, 0.717) is 4.34 Å². The summed E-state index contributed by atoms with van der Waals surface area (Å²) in [5.41, 5.74) is 0. The Balaban J connectivity index is 2.57. The summed E-state index contributed by atoms with van der Waals surface area (Å²) in [4.78, 5) is 0.840. The minimum atomic E-state index is -4.10. The molecule has 0 aliphatic rings. The van der Waals surface area contributed by atoms with E-state index in [0.717, 1.165) is 4.88 Å². The summed E-state index contributed by atoms with van der Waals surface area (Å²) in [6.07, 6.45) is -4.85. The number of halogens is 4. The molecule has 86 valence electrons. The van der Waals surface area contributed by atoms with Crippen molar-refractivity contribution in [1.82, 2.24) is 5.32 Å². The predicted molar refractivity (Wildman–Crippen MR) is 56.4 cm³/mol. The van der Waals surface area contributed by atoms with Gasteiger partial charge in [-0.15, -0.1) is 11.3 Å². The van der Waals surface area contributed by atoms with E-state index in [1.165, 1.54) is 11.3 Å². The lowest BCUT2D eigenvalue weighted by Crippen LogP contribution is -2.18. The van der Waals surface area contributed by atoms with Gasteiger partial charge >= 0.3 is 6.18 Å². The Hall–Kier alpha value is -0.260. The zero-order valence-electron chi connectivity index (χ0n) is 8.07. The lowest BCUT2D eigenvalue weighted by Gasteiger charge is -2.15. The second kappa shape index (κ2) is 5.18. The molecule has 0 radical (unpaired) electrons. The van der Waals surface area contributed by atoms with Gasteiger partial charge in [-0.2, -0.15) is 13.2 Å². The molecule has 0 aliphatic heterocycles. The Bertz CT molecular complexity index is 311. The summed E-state index contributed by atoms with van der Waals surface area (Å²) in [5, 5.41) is 2.86. The molecule has 1 heterocycles. The summed E-state index contributed by atoms with van der Waals surface area (Å²) in [6, 6.07) is 3.17. The average Bonchev–Trinajstić information content (AvgIpc) is 2.51. The van der Waals surface area contributed by atoms with Crippen LogP contribution in [0.15, 0.2) is 12.1 Å². The van der Waals surface area contributed by atoms with Crippen LogP contribution in [0, 0.1) is 0 Å². The van der Waals surface area contributed by atoms with E-state index < -0.39 is 12.6 Å². The molecule has 1 unspecified atom stereocenters. The molecule has 1 nitrogen and oxygen atoms in total. The molecule has 0 aliphatic carbocycles. The largest absolute Gasteiger partial charge is 0.389 e. The van der Waals surface area contributed by atoms with Crippen LogP contribution >= 0.6 is 22.9 Å². The van der Waals surface area contributed by atoms with Crippen molar-refractivity contribution in [3.05, 3.63) is 21.3 Å². The molecule has 0 saturated heterocycles. The van der Waals surface area contributed by atoms with Crippen LogP contribution in [0.4, 0.5) is 13.2 Å². The highest BCUT2D eigenvalue weighted by Crippen LogP contribution is 2.32. The smallest absolute Gasteiger partial charge is 0.312 e. The van der Waals surface area contributed by atoms with Gasteiger partial charge in [-0.25, -0.2) is 0 Å². The molecule has 0 aromatic carbocycles. The first-order valence-corrected chi connectivity index (χ1v) is 5.61. The van der Waals surface area contributed by atoms with E-state index in [2.05, 4.69) is 5.32 Å². The summed E-state index contributed by atoms with van der Waals surface area (Å²) in [5.74, 6) is 0. The van der Waals surface area contributed by atoms with Crippen LogP contribution in [-0.4, -0.2) is 13.2 Å². The number of hydrogen-bond acceptors (Lipinski definition) is 2. The number of hydrogen-bond donors (Lipinski definition) is 1. The molecule has 1 rings (SSSR count). The standard InChI is InChI=1S/C9H11ClF3NS/c1-14-6(4-5-9(11,12)13)7-2-3-8(10)15-7/h2-3,6,14H,4-5H2,1H3. The Kier molecular flexibility index (Phi) is 4.43. The second-order valence-corrected chi connectivity index (χ2v) is 4.88. The highest BCUT2D eigenvalue weighted by Gasteiger charge is 2.28. The third kappa shape index (κ3) is 4.40. The van der Waals surface area contributed by atoms with E-state index in [1.807, 2.05) is 0 Å². The van der Waals surface area contributed by atoms with Gasteiger partial charge in [0.15, 0.2) is 0 Å². The molecule has 1 aromatic rings. The van der Waals surface area contributed by atoms with Crippen LogP contribution in [0.5, 0.6) is 0 Å². The molecule has 0 fully saturated rings. The molecule has 15 heavy (non-hydrogen) atoms. The maximum absolute atomic E-state index is 12.0. The monoisotopic (exact) mass is 257 g/mol. The van der Waals surface area contributed by atoms with Gasteiger partial charge in [0.1, 0.15) is 0 Å². The predicted octanol–water partition coefficient (Wildman–Crippen LogP) is 4.00. The van der Waals surface area contributed by atoms with Gasteiger partial charge < -0.3 is 5.32 Å². The lowest BCUT2D eigenvalue weighted by molar-refractivity contribution is -0.136. The Morgan fingerprint density at radius 3 is 2.53 bits per heavy atom. The van der Waals surface area contributed by atoms with Crippen LogP contribution in [0.2, 0.25) is 4.34 Å². The first-order chi connectivity index (χ1) is 6.92. The zero-order valence-corrected chi connectivity index (χ0v) is 9.64. The highest BCUT2D eigenvalue weighted by molar-refractivity contribution is 7.16. The van der Waals surface area contributed by atoms with E-state index in [4.69, 9.17) is 11.6 Å². The summed E-state index contributed by atoms with van der Waals surface area (Å²) >= 11 is 7.03. The molecular formula is C9H11ClF3NS. The van der Waals surface area contributed by atoms with E-state index in [1.54, 1.807) is 19.2 Å². The van der Waals surface area contributed by atoms with E-state index in [-0.39, 0.29) is 12.5 Å². The van der Waals surface area contributed by atoms with E-state index in [9.17, 15) is 13.2 Å². The first-order valence-electron chi connectivity index (χ1n) is 4.41. The van der Waals surface area contributed by atoms with Gasteiger partial charge in [0.2, 0.25) is 0 Å². The molecule has 0 amide bonds. The molecule has 1 atom stereocenters. The van der Waals surface area contributed by atoms with Gasteiger partial charge in [0, 0.05) is 17.3 Å². The third-order valence-electron chi connectivity index (χ3n) is 2.00. The van der Waals surface area contributed by atoms with E-state index >= 15 is 0 Å². The van der Waals surface area contributed by atoms with Gasteiger partial charge in [-0.05, 0) is 25.6 Å². The Morgan fingerprint density at radius 2 is 2.13 bits per heavy atom. The van der Waals surface area contributed by atoms with Crippen molar-refractivity contribution in [3.63, 3.8) is 0 Å². The van der Waals surface area contributed by atoms with Crippen molar-refractivity contribution in [3.8, 4) is 0 Å². The third-order valence-corrected chi connectivity index (χ3v) is 3.35. The number of nitrogens with one attached hydrogen (secondary N) is 1. The van der Waals surface area contributed by atoms with Crippen molar-refractivity contribution >= 4 is 22.9 Å². The fourth-order valence-electron chi connectivity index (χ4n) is 1.25. The summed E-state index contributed by atoms with van der Waals surface area (Å²) in [6.45, 7) is 0. The lowest BCUT2D eigenvalue weighted by atomic mass is 10.1. The SMILES string of the molecule is CNC(CCC(F)(F)F)c1ccc(Cl)s1. The molecule has 0 spiro atoms. The van der Waals surface area contributed by atoms with Gasteiger partial charge in [-0.3, -0.25) is 0 Å². The number of alkyl halides is 3. The fraction of sp³-hybridized carbons (Fsp3) is 0.556. The summed E-state index contributed by atoms with van der Waals surface area (Å²) < 4.78 is 36.7. The second-order valence-electron chi connectivity index (χ2n) is 3.14. The number of rotatable bonds is 4. The van der Waals surface area contributed by atoms with Crippen LogP contribution < -0.4 is 5.32 Å². The summed E-state index contributed by atoms with van der Waals surface area (Å²) in [7, 11) is 1.65. The van der Waals surface area contributed by atoms with Gasteiger partial charge in [-0.1, -0.05) is 11.6 Å². The minimum absolute atomic E-state index is 0.0385. The molecule has 0 saturated carbocycles. The van der Waals surface area contributed by atoms with Crippen molar-refractivity contribution in [2.45, 2.75) is 25.1 Å². The minimum Gasteiger partial charge on any atom is -0.312 e. The average molecular weight is 258 g/mol. The Labute approximate surface area is 95.2 Å². The van der Waals surface area contributed by atoms with Crippen molar-refractivity contribution < 1.29 is 13.2 Å². The quantitative estimate of drug-likeness (QED) is 0.860. The maximum atomic E-state index is 12.0. The zero-order chi connectivity index (χ0) is 11.5. The fourth-order valence-corrected chi connectivity index (χ4v) is 2.46. The van der Waals surface area contributed by atoms with Crippen LogP contribution in [0.3, 0.4) is 0 Å². The molecule has 0 bridgehead atoms. The topological polar surface area (TPSA) is 12.0 Å². The van der Waals surface area contributed by atoms with Crippen molar-refractivity contribution in [2.75, 3.05) is 7.05 Å². The van der Waals surface area contributed by atoms with Gasteiger partial charge in [0.05, 0.1) is 4.34 Å². The van der Waals surface area contributed by atoms with Crippen LogP contribution in [0.1, 0.15) is 23.8 Å².